The highest BCUT2D eigenvalue weighted by molar-refractivity contribution is 5.92. The number of allylic oxidation sites excluding steroid dienone is 2. The molecule has 2 aliphatic rings. The van der Waals surface area contributed by atoms with Crippen molar-refractivity contribution in [3.63, 3.8) is 0 Å². The van der Waals surface area contributed by atoms with Gasteiger partial charge in [0.2, 0.25) is 0 Å². The van der Waals surface area contributed by atoms with Crippen LogP contribution in [0.3, 0.4) is 0 Å². The van der Waals surface area contributed by atoms with Gasteiger partial charge in [0.15, 0.2) is 0 Å². The zero-order valence-corrected chi connectivity index (χ0v) is 29.0. The number of fused-ring (bicyclic) bond motifs is 3. The normalized spacial score (nSPS) is 17.3. The summed E-state index contributed by atoms with van der Waals surface area (Å²) in [6.07, 6.45) is 12.8. The van der Waals surface area contributed by atoms with E-state index in [0.29, 0.717) is 12.0 Å². The Balaban J connectivity index is 1.08. The molecule has 244 valence electrons. The van der Waals surface area contributed by atoms with E-state index >= 15 is 0 Å². The number of anilines is 2. The van der Waals surface area contributed by atoms with Crippen molar-refractivity contribution >= 4 is 34.7 Å². The number of hydrogen-bond donors (Lipinski definition) is 0. The van der Waals surface area contributed by atoms with E-state index in [9.17, 15) is 0 Å². The number of nitrogens with zero attached hydrogens (tertiary/aromatic N) is 1. The maximum absolute atomic E-state index is 2.62. The van der Waals surface area contributed by atoms with Crippen LogP contribution >= 0.6 is 0 Å². The maximum Gasteiger partial charge on any atom is 0.0450 e. The lowest BCUT2D eigenvalue weighted by atomic mass is 9.92. The zero-order valence-electron chi connectivity index (χ0n) is 29.0. The highest BCUT2D eigenvalue weighted by Gasteiger charge is 2.42. The third-order valence-electron chi connectivity index (χ3n) is 10.5. The minimum absolute atomic E-state index is 0.516. The Morgan fingerprint density at radius 1 is 0.560 bits per heavy atom. The monoisotopic (exact) mass is 645 g/mol. The SMILES string of the molecule is Cc1ccc(C(=CC=Cc2ccc(N3c4ccc(C=C(c5ccccc5)c5ccc(C)cc5)cc4C4CCCC43)cc2)c2ccccc2)cc1. The molecule has 2 atom stereocenters. The molecule has 0 amide bonds. The summed E-state index contributed by atoms with van der Waals surface area (Å²) in [6.45, 7) is 4.29. The largest absolute Gasteiger partial charge is 0.338 e. The Bertz CT molecular complexity index is 2170. The second kappa shape index (κ2) is 14.1. The van der Waals surface area contributed by atoms with Gasteiger partial charge in [-0.25, -0.2) is 0 Å². The van der Waals surface area contributed by atoms with Crippen LogP contribution in [-0.4, -0.2) is 6.04 Å². The van der Waals surface area contributed by atoms with Gasteiger partial charge >= 0.3 is 0 Å². The van der Waals surface area contributed by atoms with Gasteiger partial charge in [-0.05, 0) is 107 Å². The lowest BCUT2D eigenvalue weighted by Gasteiger charge is -2.27. The molecule has 1 nitrogen and oxygen atoms in total. The predicted molar refractivity (Wildman–Crippen MR) is 214 cm³/mol. The number of benzene rings is 6. The van der Waals surface area contributed by atoms with Crippen molar-refractivity contribution in [1.29, 1.82) is 0 Å². The van der Waals surface area contributed by atoms with Crippen LogP contribution in [0.25, 0.3) is 23.3 Å². The van der Waals surface area contributed by atoms with Crippen molar-refractivity contribution in [1.82, 2.24) is 0 Å². The summed E-state index contributed by atoms with van der Waals surface area (Å²) in [5, 5.41) is 0. The fourth-order valence-electron chi connectivity index (χ4n) is 7.86. The molecule has 0 radical (unpaired) electrons. The first-order chi connectivity index (χ1) is 24.6. The number of rotatable bonds is 8. The minimum Gasteiger partial charge on any atom is -0.338 e. The molecular weight excluding hydrogens is 603 g/mol. The van der Waals surface area contributed by atoms with Crippen molar-refractivity contribution in [3.05, 3.63) is 214 Å². The highest BCUT2D eigenvalue weighted by atomic mass is 15.2. The van der Waals surface area contributed by atoms with Crippen molar-refractivity contribution in [2.45, 2.75) is 45.1 Å². The Morgan fingerprint density at radius 3 is 1.76 bits per heavy atom. The van der Waals surface area contributed by atoms with Gasteiger partial charge in [-0.15, -0.1) is 0 Å². The van der Waals surface area contributed by atoms with E-state index in [1.807, 2.05) is 0 Å². The standard InChI is InChI=1S/C49H43N/c1-35-19-26-41(27-20-35)44(39-12-5-3-6-13-39)16-9-11-37-23-30-43(31-24-37)50-48-18-10-17-45(48)47-34-38(25-32-49(47)50)33-46(40-14-7-4-8-15-40)42-28-21-36(2)22-29-42/h3-9,11-16,19-34,45,48H,10,17-18H2,1-2H3. The first-order valence-corrected chi connectivity index (χ1v) is 18.0. The van der Waals surface area contributed by atoms with E-state index in [0.717, 1.165) is 0 Å². The lowest BCUT2D eigenvalue weighted by Crippen LogP contribution is -2.26. The van der Waals surface area contributed by atoms with Crippen LogP contribution in [0.15, 0.2) is 164 Å². The van der Waals surface area contributed by atoms with E-state index < -0.39 is 0 Å². The van der Waals surface area contributed by atoms with Crippen LogP contribution < -0.4 is 4.90 Å². The molecule has 50 heavy (non-hydrogen) atoms. The van der Waals surface area contributed by atoms with Crippen LogP contribution in [-0.2, 0) is 0 Å². The average Bonchev–Trinajstić information content (AvgIpc) is 3.76. The predicted octanol–water partition coefficient (Wildman–Crippen LogP) is 12.8. The first-order valence-electron chi connectivity index (χ1n) is 18.0. The molecule has 0 aromatic heterocycles. The van der Waals surface area contributed by atoms with Crippen molar-refractivity contribution < 1.29 is 0 Å². The van der Waals surface area contributed by atoms with Gasteiger partial charge in [-0.3, -0.25) is 0 Å². The van der Waals surface area contributed by atoms with Crippen LogP contribution in [0.2, 0.25) is 0 Å². The molecule has 0 N–H and O–H groups in total. The fraction of sp³-hybridized carbons (Fsp3) is 0.143. The van der Waals surface area contributed by atoms with Crippen LogP contribution in [0.5, 0.6) is 0 Å². The van der Waals surface area contributed by atoms with Crippen LogP contribution in [0.1, 0.15) is 75.3 Å². The van der Waals surface area contributed by atoms with Gasteiger partial charge in [-0.2, -0.15) is 0 Å². The third kappa shape index (κ3) is 6.52. The molecule has 1 aliphatic heterocycles. The second-order valence-electron chi connectivity index (χ2n) is 13.8. The number of hydrogen-bond acceptors (Lipinski definition) is 1. The summed E-state index contributed by atoms with van der Waals surface area (Å²) in [5.74, 6) is 0.570. The fourth-order valence-corrected chi connectivity index (χ4v) is 7.86. The molecule has 8 rings (SSSR count). The van der Waals surface area contributed by atoms with Gasteiger partial charge in [0, 0.05) is 23.3 Å². The molecule has 0 saturated heterocycles. The molecule has 1 aliphatic carbocycles. The van der Waals surface area contributed by atoms with Crippen molar-refractivity contribution in [2.24, 2.45) is 0 Å². The summed E-state index contributed by atoms with van der Waals surface area (Å²) >= 11 is 0. The van der Waals surface area contributed by atoms with Gasteiger partial charge in [0.1, 0.15) is 0 Å². The van der Waals surface area contributed by atoms with Gasteiger partial charge in [0.05, 0.1) is 0 Å². The second-order valence-corrected chi connectivity index (χ2v) is 13.8. The molecule has 6 aromatic rings. The zero-order chi connectivity index (χ0) is 33.9. The quantitative estimate of drug-likeness (QED) is 0.118. The summed E-state index contributed by atoms with van der Waals surface area (Å²) in [6, 6.07) is 56.0. The molecule has 0 spiro atoms. The third-order valence-corrected chi connectivity index (χ3v) is 10.5. The molecule has 6 aromatic carbocycles. The van der Waals surface area contributed by atoms with E-state index in [4.69, 9.17) is 0 Å². The molecule has 1 heterocycles. The molecule has 1 fully saturated rings. The number of aryl methyl sites for hydroxylation is 2. The lowest BCUT2D eigenvalue weighted by molar-refractivity contribution is 0.642. The minimum atomic E-state index is 0.516. The smallest absolute Gasteiger partial charge is 0.0450 e. The Kier molecular flexibility index (Phi) is 8.88. The van der Waals surface area contributed by atoms with Crippen LogP contribution in [0, 0.1) is 13.8 Å². The van der Waals surface area contributed by atoms with E-state index in [-0.39, 0.29) is 0 Å². The summed E-state index contributed by atoms with van der Waals surface area (Å²) in [7, 11) is 0. The molecule has 1 heteroatoms. The molecular formula is C49H43N. The summed E-state index contributed by atoms with van der Waals surface area (Å²) in [4.78, 5) is 2.62. The van der Waals surface area contributed by atoms with Crippen LogP contribution in [0.4, 0.5) is 11.4 Å². The van der Waals surface area contributed by atoms with Crippen molar-refractivity contribution in [2.75, 3.05) is 4.90 Å². The van der Waals surface area contributed by atoms with Crippen molar-refractivity contribution in [3.8, 4) is 0 Å². The Labute approximate surface area is 297 Å². The van der Waals surface area contributed by atoms with E-state index in [1.54, 1.807) is 0 Å². The highest BCUT2D eigenvalue weighted by Crippen LogP contribution is 2.52. The van der Waals surface area contributed by atoms with Gasteiger partial charge < -0.3 is 4.90 Å². The topological polar surface area (TPSA) is 3.24 Å². The first kappa shape index (κ1) is 31.6. The molecule has 0 bridgehead atoms. The summed E-state index contributed by atoms with van der Waals surface area (Å²) < 4.78 is 0. The van der Waals surface area contributed by atoms with E-state index in [2.05, 4.69) is 195 Å². The molecule has 1 saturated carbocycles. The van der Waals surface area contributed by atoms with Gasteiger partial charge in [-0.1, -0.05) is 163 Å². The molecule has 2 unspecified atom stereocenters. The Hall–Kier alpha value is -5.66. The summed E-state index contributed by atoms with van der Waals surface area (Å²) in [5.41, 5.74) is 16.6. The Morgan fingerprint density at radius 2 is 1.12 bits per heavy atom. The van der Waals surface area contributed by atoms with Gasteiger partial charge in [0.25, 0.3) is 0 Å². The average molecular weight is 646 g/mol. The maximum atomic E-state index is 2.62. The van der Waals surface area contributed by atoms with E-state index in [1.165, 1.54) is 91.9 Å².